The molecule has 3 rings (SSSR count). The summed E-state index contributed by atoms with van der Waals surface area (Å²) < 4.78 is 6.00. The average molecular weight is 180 g/mol. The summed E-state index contributed by atoms with van der Waals surface area (Å²) in [5.41, 5.74) is 0.415. The average Bonchev–Trinajstić information content (AvgIpc) is 2.81. The smallest absolute Gasteiger partial charge is 0.0976 e. The first kappa shape index (κ1) is 8.28. The van der Waals surface area contributed by atoms with Gasteiger partial charge in [0.2, 0.25) is 0 Å². The second-order valence-electron chi connectivity index (χ2n) is 5.14. The van der Waals surface area contributed by atoms with Gasteiger partial charge in [-0.3, -0.25) is 0 Å². The number of hydrogen-bond acceptors (Lipinski definition) is 1. The van der Waals surface area contributed by atoms with Crippen LogP contribution < -0.4 is 0 Å². The van der Waals surface area contributed by atoms with Crippen molar-refractivity contribution >= 4 is 0 Å². The Morgan fingerprint density at radius 1 is 0.846 bits per heavy atom. The molecule has 0 amide bonds. The molecule has 0 aromatic carbocycles. The zero-order chi connectivity index (χ0) is 8.73. The van der Waals surface area contributed by atoms with E-state index in [2.05, 4.69) is 0 Å². The van der Waals surface area contributed by atoms with Crippen molar-refractivity contribution < 1.29 is 4.74 Å². The predicted octanol–water partition coefficient (Wildman–Crippen LogP) is 3.28. The van der Waals surface area contributed by atoms with E-state index in [4.69, 9.17) is 4.74 Å². The molecule has 3 atom stereocenters. The summed E-state index contributed by atoms with van der Waals surface area (Å²) in [6, 6.07) is 0. The van der Waals surface area contributed by atoms with Gasteiger partial charge in [-0.15, -0.1) is 0 Å². The van der Waals surface area contributed by atoms with E-state index in [1.807, 2.05) is 0 Å². The van der Waals surface area contributed by atoms with Crippen LogP contribution in [0.3, 0.4) is 0 Å². The monoisotopic (exact) mass is 180 g/mol. The van der Waals surface area contributed by atoms with Crippen LogP contribution in [-0.4, -0.2) is 11.7 Å². The Kier molecular flexibility index (Phi) is 1.90. The highest BCUT2D eigenvalue weighted by Crippen LogP contribution is 2.56. The maximum absolute atomic E-state index is 6.00. The van der Waals surface area contributed by atoms with Crippen molar-refractivity contribution in [1.29, 1.82) is 0 Å². The molecule has 0 aromatic rings. The molecule has 0 N–H and O–H groups in total. The Labute approximate surface area is 80.8 Å². The second kappa shape index (κ2) is 2.98. The molecule has 3 fully saturated rings. The molecule has 1 heterocycles. The van der Waals surface area contributed by atoms with Gasteiger partial charge in [0.25, 0.3) is 0 Å². The number of ether oxygens (including phenoxy) is 1. The minimum absolute atomic E-state index is 0.415. The molecule has 1 nitrogen and oxygen atoms in total. The molecule has 1 heteroatoms. The van der Waals surface area contributed by atoms with Crippen LogP contribution in [0.25, 0.3) is 0 Å². The third-order valence-electron chi connectivity index (χ3n) is 4.43. The lowest BCUT2D eigenvalue weighted by atomic mass is 9.72. The summed E-state index contributed by atoms with van der Waals surface area (Å²) in [5.74, 6) is 0.937. The molecule has 13 heavy (non-hydrogen) atoms. The van der Waals surface area contributed by atoms with Crippen LogP contribution in [0.5, 0.6) is 0 Å². The summed E-state index contributed by atoms with van der Waals surface area (Å²) in [5, 5.41) is 0. The largest absolute Gasteiger partial charge is 0.366 e. The van der Waals surface area contributed by atoms with E-state index in [-0.39, 0.29) is 0 Å². The van der Waals surface area contributed by atoms with Gasteiger partial charge in [-0.05, 0) is 31.6 Å². The van der Waals surface area contributed by atoms with E-state index in [0.29, 0.717) is 11.7 Å². The first-order valence-electron chi connectivity index (χ1n) is 6.10. The van der Waals surface area contributed by atoms with E-state index in [9.17, 15) is 0 Å². The molecular formula is C12H20O. The summed E-state index contributed by atoms with van der Waals surface area (Å²) in [4.78, 5) is 0. The third kappa shape index (κ3) is 1.24. The van der Waals surface area contributed by atoms with E-state index in [1.54, 1.807) is 0 Å². The van der Waals surface area contributed by atoms with Gasteiger partial charge in [-0.1, -0.05) is 32.1 Å². The van der Waals surface area contributed by atoms with E-state index in [1.165, 1.54) is 57.8 Å². The van der Waals surface area contributed by atoms with Crippen molar-refractivity contribution in [2.24, 2.45) is 5.92 Å². The van der Waals surface area contributed by atoms with Gasteiger partial charge in [0, 0.05) is 0 Å². The molecular weight excluding hydrogens is 160 g/mol. The fourth-order valence-electron chi connectivity index (χ4n) is 3.65. The van der Waals surface area contributed by atoms with E-state index >= 15 is 0 Å². The molecule has 1 saturated heterocycles. The topological polar surface area (TPSA) is 12.5 Å². The molecule has 0 bridgehead atoms. The summed E-state index contributed by atoms with van der Waals surface area (Å²) >= 11 is 0. The molecule has 2 saturated carbocycles. The third-order valence-corrected chi connectivity index (χ3v) is 4.43. The lowest BCUT2D eigenvalue weighted by molar-refractivity contribution is 0.169. The van der Waals surface area contributed by atoms with E-state index in [0.717, 1.165) is 5.92 Å². The normalized spacial score (nSPS) is 49.8. The maximum Gasteiger partial charge on any atom is 0.0976 e. The first-order chi connectivity index (χ1) is 6.42. The quantitative estimate of drug-likeness (QED) is 0.521. The van der Waals surface area contributed by atoms with Gasteiger partial charge in [0.1, 0.15) is 0 Å². The highest BCUT2D eigenvalue weighted by molar-refractivity contribution is 5.09. The number of epoxide rings is 1. The van der Waals surface area contributed by atoms with E-state index < -0.39 is 0 Å². The zero-order valence-corrected chi connectivity index (χ0v) is 8.43. The highest BCUT2D eigenvalue weighted by atomic mass is 16.6. The Morgan fingerprint density at radius 2 is 1.69 bits per heavy atom. The highest BCUT2D eigenvalue weighted by Gasteiger charge is 2.61. The van der Waals surface area contributed by atoms with Crippen molar-refractivity contribution in [2.75, 3.05) is 0 Å². The molecule has 2 aliphatic carbocycles. The fourth-order valence-corrected chi connectivity index (χ4v) is 3.65. The van der Waals surface area contributed by atoms with Gasteiger partial charge < -0.3 is 4.74 Å². The lowest BCUT2D eigenvalue weighted by Gasteiger charge is -2.30. The standard InChI is InChI=1S/C12H20O/c1-2-4-9-12-10(6-3-1)7-5-8-11(12)13-12/h10-11H,1-9H2/t10-,11+,12-/m1/s1. The Hall–Kier alpha value is -0.0400. The van der Waals surface area contributed by atoms with Crippen LogP contribution in [0.15, 0.2) is 0 Å². The lowest BCUT2D eigenvalue weighted by Crippen LogP contribution is -2.31. The molecule has 1 aliphatic heterocycles. The first-order valence-corrected chi connectivity index (χ1v) is 6.10. The van der Waals surface area contributed by atoms with Gasteiger partial charge in [-0.2, -0.15) is 0 Å². The molecule has 74 valence electrons. The van der Waals surface area contributed by atoms with Crippen molar-refractivity contribution in [3.63, 3.8) is 0 Å². The van der Waals surface area contributed by atoms with Crippen LogP contribution >= 0.6 is 0 Å². The fraction of sp³-hybridized carbons (Fsp3) is 1.00. The van der Waals surface area contributed by atoms with Crippen molar-refractivity contribution in [3.05, 3.63) is 0 Å². The van der Waals surface area contributed by atoms with Crippen molar-refractivity contribution in [2.45, 2.75) is 69.5 Å². The van der Waals surface area contributed by atoms with Crippen LogP contribution in [0.1, 0.15) is 57.8 Å². The summed E-state index contributed by atoms with van der Waals surface area (Å²) in [6.07, 6.45) is 13.6. The molecule has 0 unspecified atom stereocenters. The van der Waals surface area contributed by atoms with Crippen molar-refractivity contribution in [1.82, 2.24) is 0 Å². The molecule has 1 spiro atoms. The zero-order valence-electron chi connectivity index (χ0n) is 8.43. The van der Waals surface area contributed by atoms with Crippen LogP contribution in [0.4, 0.5) is 0 Å². The Bertz CT molecular complexity index is 201. The van der Waals surface area contributed by atoms with Crippen LogP contribution in [-0.2, 0) is 4.74 Å². The minimum atomic E-state index is 0.415. The van der Waals surface area contributed by atoms with Gasteiger partial charge >= 0.3 is 0 Å². The Morgan fingerprint density at radius 3 is 2.69 bits per heavy atom. The van der Waals surface area contributed by atoms with Gasteiger partial charge in [0.15, 0.2) is 0 Å². The van der Waals surface area contributed by atoms with Crippen LogP contribution in [0, 0.1) is 5.92 Å². The summed E-state index contributed by atoms with van der Waals surface area (Å²) in [6.45, 7) is 0. The predicted molar refractivity (Wildman–Crippen MR) is 52.6 cm³/mol. The molecule has 3 aliphatic rings. The molecule has 0 radical (unpaired) electrons. The number of rotatable bonds is 0. The van der Waals surface area contributed by atoms with Gasteiger partial charge in [-0.25, -0.2) is 0 Å². The second-order valence-corrected chi connectivity index (χ2v) is 5.14. The molecule has 0 aromatic heterocycles. The Balaban J connectivity index is 1.76. The summed E-state index contributed by atoms with van der Waals surface area (Å²) in [7, 11) is 0. The van der Waals surface area contributed by atoms with Crippen LogP contribution in [0.2, 0.25) is 0 Å². The van der Waals surface area contributed by atoms with Crippen molar-refractivity contribution in [3.8, 4) is 0 Å². The van der Waals surface area contributed by atoms with Gasteiger partial charge in [0.05, 0.1) is 11.7 Å². The maximum atomic E-state index is 6.00. The number of hydrogen-bond donors (Lipinski definition) is 0. The minimum Gasteiger partial charge on any atom is -0.366 e. The SMILES string of the molecule is C1CCC[C@]23O[C@H]2CCC[C@H]3CC1.